The number of carbonyl (C=O) groups is 1. The third kappa shape index (κ3) is 4.19. The average Bonchev–Trinajstić information content (AvgIpc) is 2.43. The van der Waals surface area contributed by atoms with E-state index in [2.05, 4.69) is 5.32 Å². The third-order valence-corrected chi connectivity index (χ3v) is 3.60. The molecule has 0 heterocycles. The molecule has 0 aliphatic heterocycles. The van der Waals surface area contributed by atoms with Crippen LogP contribution in [0.3, 0.4) is 0 Å². The first-order chi connectivity index (χ1) is 9.95. The van der Waals surface area contributed by atoms with Crippen molar-refractivity contribution in [3.8, 4) is 0 Å². The molecule has 3 N–H and O–H groups in total. The Balaban J connectivity index is 2.06. The van der Waals surface area contributed by atoms with Crippen LogP contribution < -0.4 is 11.1 Å². The number of halogens is 2. The van der Waals surface area contributed by atoms with Crippen LogP contribution in [0, 0.1) is 6.92 Å². The summed E-state index contributed by atoms with van der Waals surface area (Å²) in [7, 11) is 0. The lowest BCUT2D eigenvalue weighted by atomic mass is 10.1. The van der Waals surface area contributed by atoms with Crippen LogP contribution in [0.1, 0.15) is 15.9 Å². The molecule has 0 fully saturated rings. The quantitative estimate of drug-likeness (QED) is 0.659. The van der Waals surface area contributed by atoms with Gasteiger partial charge in [0.25, 0.3) is 11.7 Å². The number of nitrogens with two attached hydrogens (primary N) is 1. The van der Waals surface area contributed by atoms with E-state index in [1.807, 2.05) is 6.92 Å². The molecule has 0 aromatic heterocycles. The van der Waals surface area contributed by atoms with Crippen LogP contribution >= 0.6 is 11.8 Å². The van der Waals surface area contributed by atoms with Gasteiger partial charge in [0.2, 0.25) is 0 Å². The van der Waals surface area contributed by atoms with Gasteiger partial charge < -0.3 is 11.1 Å². The van der Waals surface area contributed by atoms with Crippen molar-refractivity contribution in [2.75, 3.05) is 11.1 Å². The van der Waals surface area contributed by atoms with Gasteiger partial charge in [0.1, 0.15) is 0 Å². The fourth-order valence-electron chi connectivity index (χ4n) is 1.70. The summed E-state index contributed by atoms with van der Waals surface area (Å²) in [6.45, 7) is 1.86. The maximum atomic E-state index is 12.2. The highest BCUT2D eigenvalue weighted by Crippen LogP contribution is 2.26. The zero-order valence-electron chi connectivity index (χ0n) is 11.3. The molecule has 2 aromatic rings. The number of hydrogen-bond donors (Lipinski definition) is 2. The van der Waals surface area contributed by atoms with Crippen molar-refractivity contribution in [2.24, 2.45) is 0 Å². The lowest BCUT2D eigenvalue weighted by molar-refractivity contribution is 0.102. The van der Waals surface area contributed by atoms with Gasteiger partial charge in [-0.1, -0.05) is 17.8 Å². The second kappa shape index (κ2) is 6.58. The summed E-state index contributed by atoms with van der Waals surface area (Å²) in [6.07, 6.45) is 0. The molecule has 3 nitrogen and oxygen atoms in total. The van der Waals surface area contributed by atoms with Crippen LogP contribution in [-0.2, 0) is 0 Å². The van der Waals surface area contributed by atoms with Gasteiger partial charge in [0.05, 0.1) is 0 Å². The smallest absolute Gasteiger partial charge is 0.288 e. The molecular formula is C15H14F2N2OS. The molecule has 0 spiro atoms. The third-order valence-electron chi connectivity index (χ3n) is 2.88. The monoisotopic (exact) mass is 308 g/mol. The summed E-state index contributed by atoms with van der Waals surface area (Å²) >= 11 is 0.463. The lowest BCUT2D eigenvalue weighted by Gasteiger charge is -2.08. The molecule has 21 heavy (non-hydrogen) atoms. The maximum absolute atomic E-state index is 12.2. The van der Waals surface area contributed by atoms with Gasteiger partial charge >= 0.3 is 0 Å². The maximum Gasteiger partial charge on any atom is 0.288 e. The Morgan fingerprint density at radius 2 is 1.86 bits per heavy atom. The first-order valence-electron chi connectivity index (χ1n) is 6.18. The zero-order chi connectivity index (χ0) is 15.4. The van der Waals surface area contributed by atoms with Crippen LogP contribution in [0.2, 0.25) is 0 Å². The number of anilines is 2. The highest BCUT2D eigenvalue weighted by Gasteiger charge is 2.08. The number of carbonyl (C=O) groups excluding carboxylic acids is 1. The molecule has 110 valence electrons. The van der Waals surface area contributed by atoms with Gasteiger partial charge in [-0.15, -0.1) is 0 Å². The minimum absolute atomic E-state index is 0.295. The molecule has 0 aliphatic carbocycles. The van der Waals surface area contributed by atoms with Crippen LogP contribution in [0.15, 0.2) is 47.4 Å². The van der Waals surface area contributed by atoms with Gasteiger partial charge in [-0.2, -0.15) is 8.78 Å². The lowest BCUT2D eigenvalue weighted by Crippen LogP contribution is -2.12. The van der Waals surface area contributed by atoms with Gasteiger partial charge in [-0.25, -0.2) is 0 Å². The molecule has 2 aromatic carbocycles. The van der Waals surface area contributed by atoms with Crippen molar-refractivity contribution in [3.05, 3.63) is 53.6 Å². The minimum Gasteiger partial charge on any atom is -0.398 e. The van der Waals surface area contributed by atoms with Gasteiger partial charge in [0, 0.05) is 21.8 Å². The van der Waals surface area contributed by atoms with Gasteiger partial charge in [-0.3, -0.25) is 4.79 Å². The van der Waals surface area contributed by atoms with E-state index in [0.717, 1.165) is 5.56 Å². The normalized spacial score (nSPS) is 10.7. The molecule has 2 rings (SSSR count). The summed E-state index contributed by atoms with van der Waals surface area (Å²) in [5, 5.41) is 2.69. The number of amides is 1. The van der Waals surface area contributed by atoms with Crippen molar-refractivity contribution in [1.29, 1.82) is 0 Å². The molecule has 0 atom stereocenters. The molecule has 1 amide bonds. The Hall–Kier alpha value is -2.08. The average molecular weight is 308 g/mol. The standard InChI is InChI=1S/C15H14F2N2OS/c1-9-2-3-10(8-13(9)18)14(20)19-11-4-6-12(7-5-11)21-15(16)17/h2-8,15H,18H2,1H3,(H,19,20). The largest absolute Gasteiger partial charge is 0.398 e. The molecule has 0 bridgehead atoms. The first-order valence-corrected chi connectivity index (χ1v) is 7.06. The number of nitrogens with one attached hydrogen (secondary N) is 1. The second-order valence-corrected chi connectivity index (χ2v) is 5.49. The van der Waals surface area contributed by atoms with Gasteiger partial charge in [-0.05, 0) is 48.9 Å². The Morgan fingerprint density at radius 3 is 2.43 bits per heavy atom. The Kier molecular flexibility index (Phi) is 4.80. The van der Waals surface area contributed by atoms with E-state index >= 15 is 0 Å². The number of aryl methyl sites for hydroxylation is 1. The Labute approximate surface area is 125 Å². The summed E-state index contributed by atoms with van der Waals surface area (Å²) in [5.74, 6) is -2.75. The van der Waals surface area contributed by atoms with Crippen molar-refractivity contribution < 1.29 is 13.6 Å². The summed E-state index contributed by atoms with van der Waals surface area (Å²) in [5.41, 5.74) is 8.20. The first kappa shape index (κ1) is 15.3. The van der Waals surface area contributed by atoms with Crippen molar-refractivity contribution in [2.45, 2.75) is 17.6 Å². The predicted octanol–water partition coefficient (Wildman–Crippen LogP) is 4.14. The highest BCUT2D eigenvalue weighted by atomic mass is 32.2. The molecular weight excluding hydrogens is 294 g/mol. The Morgan fingerprint density at radius 1 is 1.19 bits per heavy atom. The van der Waals surface area contributed by atoms with E-state index in [0.29, 0.717) is 33.6 Å². The van der Waals surface area contributed by atoms with Crippen LogP contribution in [0.5, 0.6) is 0 Å². The summed E-state index contributed by atoms with van der Waals surface area (Å²) < 4.78 is 24.4. The fraction of sp³-hybridized carbons (Fsp3) is 0.133. The van der Waals surface area contributed by atoms with E-state index in [4.69, 9.17) is 5.73 Å². The van der Waals surface area contributed by atoms with Crippen molar-refractivity contribution in [3.63, 3.8) is 0 Å². The number of nitrogen functional groups attached to an aromatic ring is 1. The molecule has 0 radical (unpaired) electrons. The number of alkyl halides is 2. The second-order valence-electron chi connectivity index (χ2n) is 4.43. The molecule has 0 saturated carbocycles. The van der Waals surface area contributed by atoms with E-state index in [-0.39, 0.29) is 5.91 Å². The summed E-state index contributed by atoms with van der Waals surface area (Å²) in [4.78, 5) is 12.5. The van der Waals surface area contributed by atoms with Crippen LogP contribution in [-0.4, -0.2) is 11.7 Å². The highest BCUT2D eigenvalue weighted by molar-refractivity contribution is 7.99. The summed E-state index contributed by atoms with van der Waals surface area (Å²) in [6, 6.07) is 11.3. The topological polar surface area (TPSA) is 55.1 Å². The Bertz CT molecular complexity index is 645. The molecule has 0 unspecified atom stereocenters. The molecule has 0 saturated heterocycles. The number of benzene rings is 2. The van der Waals surface area contributed by atoms with Gasteiger partial charge in [0.15, 0.2) is 0 Å². The number of rotatable bonds is 4. The SMILES string of the molecule is Cc1ccc(C(=O)Nc2ccc(SC(F)F)cc2)cc1N. The van der Waals surface area contributed by atoms with E-state index in [1.165, 1.54) is 12.1 Å². The predicted molar refractivity (Wildman–Crippen MR) is 81.8 cm³/mol. The van der Waals surface area contributed by atoms with E-state index < -0.39 is 5.76 Å². The van der Waals surface area contributed by atoms with Crippen molar-refractivity contribution >= 4 is 29.0 Å². The fourth-order valence-corrected chi connectivity index (χ4v) is 2.20. The van der Waals surface area contributed by atoms with Crippen LogP contribution in [0.25, 0.3) is 0 Å². The molecule has 6 heteroatoms. The van der Waals surface area contributed by atoms with E-state index in [9.17, 15) is 13.6 Å². The van der Waals surface area contributed by atoms with E-state index in [1.54, 1.807) is 30.3 Å². The molecule has 0 aliphatic rings. The van der Waals surface area contributed by atoms with Crippen LogP contribution in [0.4, 0.5) is 20.2 Å². The minimum atomic E-state index is -2.46. The zero-order valence-corrected chi connectivity index (χ0v) is 12.1. The number of hydrogen-bond acceptors (Lipinski definition) is 3. The van der Waals surface area contributed by atoms with Crippen molar-refractivity contribution in [1.82, 2.24) is 0 Å². The number of thioether (sulfide) groups is 1.